The maximum Gasteiger partial charge on any atom is 0.300 e. The minimum atomic E-state index is -0.925. The Morgan fingerprint density at radius 1 is 0.868 bits per heavy atom. The number of nitrogens with zero attached hydrogens (tertiary/aromatic N) is 2. The molecule has 8 nitrogen and oxygen atoms in total. The van der Waals surface area contributed by atoms with Crippen LogP contribution in [0.3, 0.4) is 0 Å². The van der Waals surface area contributed by atoms with Gasteiger partial charge in [-0.1, -0.05) is 12.1 Å². The van der Waals surface area contributed by atoms with Crippen molar-refractivity contribution in [3.63, 3.8) is 0 Å². The van der Waals surface area contributed by atoms with Crippen LogP contribution in [-0.2, 0) is 9.59 Å². The maximum atomic E-state index is 13.6. The van der Waals surface area contributed by atoms with Crippen LogP contribution in [-0.4, -0.2) is 52.2 Å². The Morgan fingerprint density at radius 3 is 2.11 bits per heavy atom. The number of Topliss-reactive ketones (excluding diaryl/α,β-unsaturated/α-hetero) is 1. The van der Waals surface area contributed by atoms with Crippen LogP contribution in [0.4, 0.5) is 11.4 Å². The van der Waals surface area contributed by atoms with Crippen LogP contribution >= 0.6 is 0 Å². The topological polar surface area (TPSA) is 88.5 Å². The fourth-order valence-electron chi connectivity index (χ4n) is 4.89. The van der Waals surface area contributed by atoms with Crippen LogP contribution in [0.2, 0.25) is 0 Å². The lowest BCUT2D eigenvalue weighted by molar-refractivity contribution is -0.132. The molecule has 8 heteroatoms. The van der Waals surface area contributed by atoms with Crippen molar-refractivity contribution in [3.8, 4) is 17.2 Å². The second-order valence-corrected chi connectivity index (χ2v) is 9.36. The average molecular weight is 517 g/mol. The van der Waals surface area contributed by atoms with Gasteiger partial charge in [-0.15, -0.1) is 0 Å². The first-order chi connectivity index (χ1) is 18.1. The largest absolute Gasteiger partial charge is 0.507 e. The van der Waals surface area contributed by atoms with Gasteiger partial charge in [0, 0.05) is 25.5 Å². The Morgan fingerprint density at radius 2 is 1.53 bits per heavy atom. The summed E-state index contributed by atoms with van der Waals surface area (Å²) in [6, 6.07) is 15.2. The van der Waals surface area contributed by atoms with E-state index >= 15 is 0 Å². The number of hydrogen-bond donors (Lipinski definition) is 1. The SMILES string of the molecule is COc1ccc(C2/C(=C(\O)c3cc(C)cc(C)c3OC)C(=O)C(=O)N2c2ccc(N(C)C)cc2)cc1OC. The molecule has 1 aliphatic heterocycles. The zero-order valence-electron chi connectivity index (χ0n) is 22.7. The average Bonchev–Trinajstić information content (AvgIpc) is 3.17. The highest BCUT2D eigenvalue weighted by Crippen LogP contribution is 2.45. The van der Waals surface area contributed by atoms with Gasteiger partial charge in [-0.05, 0) is 73.0 Å². The van der Waals surface area contributed by atoms with Gasteiger partial charge in [-0.3, -0.25) is 14.5 Å². The highest BCUT2D eigenvalue weighted by molar-refractivity contribution is 6.51. The van der Waals surface area contributed by atoms with Crippen LogP contribution in [0.15, 0.2) is 60.2 Å². The Hall–Kier alpha value is -4.46. The van der Waals surface area contributed by atoms with Crippen LogP contribution in [0.25, 0.3) is 5.76 Å². The summed E-state index contributed by atoms with van der Waals surface area (Å²) < 4.78 is 16.5. The van der Waals surface area contributed by atoms with Gasteiger partial charge in [0.25, 0.3) is 11.7 Å². The number of methoxy groups -OCH3 is 3. The van der Waals surface area contributed by atoms with Crippen molar-refractivity contribution in [3.05, 3.63) is 82.4 Å². The van der Waals surface area contributed by atoms with Crippen molar-refractivity contribution in [2.24, 2.45) is 0 Å². The molecule has 1 heterocycles. The molecule has 1 fully saturated rings. The Bertz CT molecular complexity index is 1430. The molecule has 1 N–H and O–H groups in total. The zero-order valence-corrected chi connectivity index (χ0v) is 22.7. The number of hydrogen-bond acceptors (Lipinski definition) is 7. The number of amides is 1. The molecule has 3 aromatic rings. The number of aliphatic hydroxyl groups excluding tert-OH is 1. The quantitative estimate of drug-likeness (QED) is 0.268. The monoisotopic (exact) mass is 516 g/mol. The first-order valence-electron chi connectivity index (χ1n) is 12.1. The normalized spacial score (nSPS) is 16.5. The molecular formula is C30H32N2O6. The standard InChI is InChI=1S/C30H32N2O6/c1-17-14-18(2)29(38-7)22(15-17)27(33)25-26(19-8-13-23(36-5)24(16-19)37-6)32(30(35)28(25)34)21-11-9-20(10-12-21)31(3)4/h8-16,26,33H,1-7H3/b27-25+. The summed E-state index contributed by atoms with van der Waals surface area (Å²) in [7, 11) is 8.39. The summed E-state index contributed by atoms with van der Waals surface area (Å²) in [6.45, 7) is 3.75. The number of aliphatic hydroxyl groups is 1. The maximum absolute atomic E-state index is 13.6. The number of ether oxygens (including phenoxy) is 3. The minimum absolute atomic E-state index is 0.0396. The fourth-order valence-corrected chi connectivity index (χ4v) is 4.89. The molecule has 1 unspecified atom stereocenters. The predicted octanol–water partition coefficient (Wildman–Crippen LogP) is 5.02. The van der Waals surface area contributed by atoms with E-state index in [4.69, 9.17) is 14.2 Å². The zero-order chi connectivity index (χ0) is 27.7. The summed E-state index contributed by atoms with van der Waals surface area (Å²) in [5, 5.41) is 11.6. The third kappa shape index (κ3) is 4.53. The van der Waals surface area contributed by atoms with Gasteiger partial charge in [-0.2, -0.15) is 0 Å². The molecule has 0 aliphatic carbocycles. The summed E-state index contributed by atoms with van der Waals surface area (Å²) in [6.07, 6.45) is 0. The summed E-state index contributed by atoms with van der Waals surface area (Å²) >= 11 is 0. The van der Waals surface area contributed by atoms with Gasteiger partial charge in [0.2, 0.25) is 0 Å². The summed E-state index contributed by atoms with van der Waals surface area (Å²) in [4.78, 5) is 30.5. The number of carbonyl (C=O) groups is 2. The van der Waals surface area contributed by atoms with E-state index < -0.39 is 17.7 Å². The molecule has 0 spiro atoms. The lowest BCUT2D eigenvalue weighted by Crippen LogP contribution is -2.29. The van der Waals surface area contributed by atoms with Gasteiger partial charge in [0.1, 0.15) is 11.5 Å². The molecule has 198 valence electrons. The molecule has 1 aliphatic rings. The minimum Gasteiger partial charge on any atom is -0.507 e. The van der Waals surface area contributed by atoms with Gasteiger partial charge in [0.05, 0.1) is 38.5 Å². The number of ketones is 1. The van der Waals surface area contributed by atoms with Crippen molar-refractivity contribution < 1.29 is 28.9 Å². The van der Waals surface area contributed by atoms with Gasteiger partial charge >= 0.3 is 0 Å². The second kappa shape index (κ2) is 10.5. The summed E-state index contributed by atoms with van der Waals surface area (Å²) in [5.74, 6) is -0.477. The van der Waals surface area contributed by atoms with E-state index in [9.17, 15) is 14.7 Å². The number of carbonyl (C=O) groups excluding carboxylic acids is 2. The van der Waals surface area contributed by atoms with E-state index in [1.165, 1.54) is 26.2 Å². The Labute approximate surface area is 222 Å². The van der Waals surface area contributed by atoms with Crippen molar-refractivity contribution >= 4 is 28.8 Å². The molecular weight excluding hydrogens is 484 g/mol. The third-order valence-electron chi connectivity index (χ3n) is 6.69. The number of benzene rings is 3. The molecule has 0 saturated carbocycles. The summed E-state index contributed by atoms with van der Waals surface area (Å²) in [5.41, 5.74) is 4.00. The van der Waals surface area contributed by atoms with E-state index in [1.54, 1.807) is 36.4 Å². The highest BCUT2D eigenvalue weighted by atomic mass is 16.5. The predicted molar refractivity (Wildman–Crippen MR) is 148 cm³/mol. The van der Waals surface area contributed by atoms with E-state index in [-0.39, 0.29) is 11.3 Å². The smallest absolute Gasteiger partial charge is 0.300 e. The van der Waals surface area contributed by atoms with Gasteiger partial charge < -0.3 is 24.2 Å². The van der Waals surface area contributed by atoms with Crippen molar-refractivity contribution in [1.82, 2.24) is 0 Å². The lowest BCUT2D eigenvalue weighted by atomic mass is 9.93. The van der Waals surface area contributed by atoms with E-state index in [1.807, 2.05) is 51.0 Å². The van der Waals surface area contributed by atoms with Crippen molar-refractivity contribution in [2.45, 2.75) is 19.9 Å². The van der Waals surface area contributed by atoms with Crippen LogP contribution < -0.4 is 24.0 Å². The lowest BCUT2D eigenvalue weighted by Gasteiger charge is -2.27. The third-order valence-corrected chi connectivity index (χ3v) is 6.69. The van der Waals surface area contributed by atoms with Crippen LogP contribution in [0.5, 0.6) is 17.2 Å². The molecule has 3 aromatic carbocycles. The first kappa shape index (κ1) is 26.6. The van der Waals surface area contributed by atoms with Crippen LogP contribution in [0, 0.1) is 13.8 Å². The van der Waals surface area contributed by atoms with E-state index in [2.05, 4.69) is 0 Å². The molecule has 38 heavy (non-hydrogen) atoms. The van der Waals surface area contributed by atoms with E-state index in [0.29, 0.717) is 34.1 Å². The molecule has 4 rings (SSSR count). The molecule has 1 saturated heterocycles. The molecule has 1 atom stereocenters. The Balaban J connectivity index is 2.00. The number of anilines is 2. The molecule has 0 radical (unpaired) electrons. The number of aryl methyl sites for hydroxylation is 2. The molecule has 0 aromatic heterocycles. The van der Waals surface area contributed by atoms with Gasteiger partial charge in [0.15, 0.2) is 11.5 Å². The molecule has 1 amide bonds. The van der Waals surface area contributed by atoms with E-state index in [0.717, 1.165) is 16.8 Å². The fraction of sp³-hybridized carbons (Fsp3) is 0.267. The molecule has 0 bridgehead atoms. The van der Waals surface area contributed by atoms with Crippen LogP contribution in [0.1, 0.15) is 28.3 Å². The first-order valence-corrected chi connectivity index (χ1v) is 12.1. The van der Waals surface area contributed by atoms with Gasteiger partial charge in [-0.25, -0.2) is 0 Å². The highest BCUT2D eigenvalue weighted by Gasteiger charge is 2.47. The second-order valence-electron chi connectivity index (χ2n) is 9.36. The number of rotatable bonds is 7. The Kier molecular flexibility index (Phi) is 7.35. The van der Waals surface area contributed by atoms with Crippen molar-refractivity contribution in [2.75, 3.05) is 45.2 Å². The van der Waals surface area contributed by atoms with Crippen molar-refractivity contribution in [1.29, 1.82) is 0 Å².